The zero-order chi connectivity index (χ0) is 18.6. The number of ether oxygens (including phenoxy) is 1. The van der Waals surface area contributed by atoms with Crippen LogP contribution in [0.4, 0.5) is 0 Å². The quantitative estimate of drug-likeness (QED) is 0.353. The second kappa shape index (κ2) is 11.4. The molecule has 0 N–H and O–H groups in total. The van der Waals surface area contributed by atoms with Crippen molar-refractivity contribution < 1.29 is 9.53 Å². The molecular weight excluding hydrogens is 324 g/mol. The summed E-state index contributed by atoms with van der Waals surface area (Å²) in [4.78, 5) is 20.7. The number of aromatic nitrogens is 2. The molecular formula is C22H30N2O2. The number of hydrogen-bond acceptors (Lipinski definition) is 4. The molecule has 0 radical (unpaired) electrons. The van der Waals surface area contributed by atoms with Gasteiger partial charge in [0.2, 0.25) is 0 Å². The van der Waals surface area contributed by atoms with Gasteiger partial charge in [-0.15, -0.1) is 0 Å². The number of rotatable bonds is 12. The zero-order valence-electron chi connectivity index (χ0n) is 16.0. The van der Waals surface area contributed by atoms with Crippen LogP contribution in [0.1, 0.15) is 75.6 Å². The summed E-state index contributed by atoms with van der Waals surface area (Å²) in [5.41, 5.74) is 1.51. The van der Waals surface area contributed by atoms with Gasteiger partial charge in [0.05, 0.1) is 12.2 Å². The lowest BCUT2D eigenvalue weighted by Crippen LogP contribution is -2.01. The molecule has 0 saturated carbocycles. The number of hydrogen-bond donors (Lipinski definition) is 0. The van der Waals surface area contributed by atoms with E-state index < -0.39 is 0 Å². The van der Waals surface area contributed by atoms with Crippen LogP contribution < -0.4 is 4.74 Å². The average Bonchev–Trinajstić information content (AvgIpc) is 2.69. The number of nitrogens with zero attached hydrogens (tertiary/aromatic N) is 2. The number of ketones is 1. The van der Waals surface area contributed by atoms with Crippen LogP contribution in [-0.2, 0) is 0 Å². The maximum atomic E-state index is 12.0. The van der Waals surface area contributed by atoms with Gasteiger partial charge in [0.1, 0.15) is 5.75 Å². The van der Waals surface area contributed by atoms with Crippen LogP contribution in [0.15, 0.2) is 36.7 Å². The Balaban J connectivity index is 1.84. The first-order valence-corrected chi connectivity index (χ1v) is 9.83. The second-order valence-corrected chi connectivity index (χ2v) is 6.61. The third-order valence-corrected chi connectivity index (χ3v) is 4.36. The molecule has 0 aliphatic rings. The molecule has 0 saturated heterocycles. The Morgan fingerprint density at radius 2 is 1.54 bits per heavy atom. The summed E-state index contributed by atoms with van der Waals surface area (Å²) < 4.78 is 5.78. The monoisotopic (exact) mass is 354 g/mol. The molecule has 1 heterocycles. The number of unbranched alkanes of at least 4 members (excludes halogenated alkanes) is 5. The van der Waals surface area contributed by atoms with Crippen LogP contribution in [0.25, 0.3) is 11.4 Å². The summed E-state index contributed by atoms with van der Waals surface area (Å²) in [6.45, 7) is 5.06. The van der Waals surface area contributed by atoms with Gasteiger partial charge in [-0.2, -0.15) is 0 Å². The van der Waals surface area contributed by atoms with Gasteiger partial charge < -0.3 is 4.74 Å². The van der Waals surface area contributed by atoms with Crippen LogP contribution in [0, 0.1) is 0 Å². The van der Waals surface area contributed by atoms with Crippen LogP contribution in [0.5, 0.6) is 5.75 Å². The fourth-order valence-electron chi connectivity index (χ4n) is 2.70. The van der Waals surface area contributed by atoms with Gasteiger partial charge in [-0.05, 0) is 37.1 Å². The van der Waals surface area contributed by atoms with E-state index in [1.165, 1.54) is 25.7 Å². The van der Waals surface area contributed by atoms with Crippen molar-refractivity contribution in [2.75, 3.05) is 6.61 Å². The van der Waals surface area contributed by atoms with Crippen LogP contribution in [0.2, 0.25) is 0 Å². The van der Waals surface area contributed by atoms with Crippen molar-refractivity contribution in [1.82, 2.24) is 9.97 Å². The molecule has 4 nitrogen and oxygen atoms in total. The second-order valence-electron chi connectivity index (χ2n) is 6.61. The Labute approximate surface area is 157 Å². The molecule has 0 fully saturated rings. The minimum absolute atomic E-state index is 0.112. The Morgan fingerprint density at radius 3 is 2.19 bits per heavy atom. The van der Waals surface area contributed by atoms with Crippen molar-refractivity contribution in [3.05, 3.63) is 42.2 Å². The SMILES string of the molecule is CCCCCCCOc1ccc(-c2ncc(C(=O)CCCC)cn2)cc1. The van der Waals surface area contributed by atoms with Gasteiger partial charge in [0, 0.05) is 24.4 Å². The number of carbonyl (C=O) groups excluding carboxylic acids is 1. The first-order chi connectivity index (χ1) is 12.7. The van der Waals surface area contributed by atoms with E-state index in [1.54, 1.807) is 12.4 Å². The Hall–Kier alpha value is -2.23. The van der Waals surface area contributed by atoms with Crippen molar-refractivity contribution >= 4 is 5.78 Å². The predicted octanol–water partition coefficient (Wildman–Crippen LogP) is 5.87. The lowest BCUT2D eigenvalue weighted by Gasteiger charge is -2.07. The average molecular weight is 354 g/mol. The third-order valence-electron chi connectivity index (χ3n) is 4.36. The number of Topliss-reactive ketones (excluding diaryl/α,β-unsaturated/α-hetero) is 1. The summed E-state index contributed by atoms with van der Waals surface area (Å²) in [5.74, 6) is 1.61. The van der Waals surface area contributed by atoms with E-state index >= 15 is 0 Å². The van der Waals surface area contributed by atoms with Gasteiger partial charge >= 0.3 is 0 Å². The highest BCUT2D eigenvalue weighted by Crippen LogP contribution is 2.20. The largest absolute Gasteiger partial charge is 0.494 e. The van der Waals surface area contributed by atoms with Gasteiger partial charge in [-0.1, -0.05) is 46.0 Å². The number of benzene rings is 1. The molecule has 1 aromatic heterocycles. The first kappa shape index (κ1) is 20.1. The van der Waals surface area contributed by atoms with E-state index in [2.05, 4.69) is 23.8 Å². The fourth-order valence-corrected chi connectivity index (χ4v) is 2.70. The predicted molar refractivity (Wildman–Crippen MR) is 106 cm³/mol. The van der Waals surface area contributed by atoms with Crippen LogP contribution in [-0.4, -0.2) is 22.4 Å². The normalized spacial score (nSPS) is 10.7. The van der Waals surface area contributed by atoms with E-state index in [4.69, 9.17) is 4.74 Å². The van der Waals surface area contributed by atoms with E-state index in [1.807, 2.05) is 24.3 Å². The molecule has 4 heteroatoms. The molecule has 0 bridgehead atoms. The van der Waals surface area contributed by atoms with Gasteiger partial charge in [0.25, 0.3) is 0 Å². The van der Waals surface area contributed by atoms with E-state index in [0.717, 1.165) is 37.2 Å². The molecule has 140 valence electrons. The summed E-state index contributed by atoms with van der Waals surface area (Å²) in [5, 5.41) is 0. The highest BCUT2D eigenvalue weighted by molar-refractivity contribution is 5.95. The van der Waals surface area contributed by atoms with Gasteiger partial charge in [-0.3, -0.25) is 4.79 Å². The first-order valence-electron chi connectivity index (χ1n) is 9.83. The van der Waals surface area contributed by atoms with Crippen molar-refractivity contribution in [3.8, 4) is 17.1 Å². The molecule has 0 unspecified atom stereocenters. The Morgan fingerprint density at radius 1 is 0.885 bits per heavy atom. The van der Waals surface area contributed by atoms with Crippen molar-refractivity contribution in [2.45, 2.75) is 65.2 Å². The lowest BCUT2D eigenvalue weighted by atomic mass is 10.1. The fraction of sp³-hybridized carbons (Fsp3) is 0.500. The summed E-state index contributed by atoms with van der Waals surface area (Å²) in [6.07, 6.45) is 11.9. The highest BCUT2D eigenvalue weighted by Gasteiger charge is 2.08. The third kappa shape index (κ3) is 6.58. The molecule has 0 aliphatic carbocycles. The Kier molecular flexibility index (Phi) is 8.81. The van der Waals surface area contributed by atoms with E-state index in [0.29, 0.717) is 17.8 Å². The molecule has 0 atom stereocenters. The minimum Gasteiger partial charge on any atom is -0.494 e. The molecule has 26 heavy (non-hydrogen) atoms. The van der Waals surface area contributed by atoms with Crippen molar-refractivity contribution in [3.63, 3.8) is 0 Å². The van der Waals surface area contributed by atoms with Gasteiger partial charge in [-0.25, -0.2) is 9.97 Å². The van der Waals surface area contributed by atoms with Crippen molar-refractivity contribution in [1.29, 1.82) is 0 Å². The smallest absolute Gasteiger partial charge is 0.165 e. The maximum Gasteiger partial charge on any atom is 0.165 e. The molecule has 0 amide bonds. The molecule has 1 aromatic carbocycles. The summed E-state index contributed by atoms with van der Waals surface area (Å²) in [7, 11) is 0. The summed E-state index contributed by atoms with van der Waals surface area (Å²) >= 11 is 0. The number of carbonyl (C=O) groups is 1. The maximum absolute atomic E-state index is 12.0. The molecule has 0 aliphatic heterocycles. The van der Waals surface area contributed by atoms with E-state index in [9.17, 15) is 4.79 Å². The Bertz CT molecular complexity index is 651. The standard InChI is InChI=1S/C22H30N2O2/c1-3-5-7-8-9-15-26-20-13-11-18(12-14-20)22-23-16-19(17-24-22)21(25)10-6-4-2/h11-14,16-17H,3-10,15H2,1-2H3. The minimum atomic E-state index is 0.112. The van der Waals surface area contributed by atoms with Crippen molar-refractivity contribution in [2.24, 2.45) is 0 Å². The molecule has 2 aromatic rings. The summed E-state index contributed by atoms with van der Waals surface area (Å²) in [6, 6.07) is 7.82. The van der Waals surface area contributed by atoms with E-state index in [-0.39, 0.29) is 5.78 Å². The highest BCUT2D eigenvalue weighted by atomic mass is 16.5. The lowest BCUT2D eigenvalue weighted by molar-refractivity contribution is 0.0979. The zero-order valence-corrected chi connectivity index (χ0v) is 16.0. The van der Waals surface area contributed by atoms with Crippen LogP contribution >= 0.6 is 0 Å². The van der Waals surface area contributed by atoms with Gasteiger partial charge in [0.15, 0.2) is 11.6 Å². The topological polar surface area (TPSA) is 52.1 Å². The molecule has 0 spiro atoms. The van der Waals surface area contributed by atoms with Crippen LogP contribution in [0.3, 0.4) is 0 Å². The molecule has 2 rings (SSSR count).